The average molecular weight is 298 g/mol. The molecule has 0 spiro atoms. The Kier molecular flexibility index (Phi) is 6.95. The zero-order chi connectivity index (χ0) is 15.1. The van der Waals surface area contributed by atoms with Crippen LogP contribution in [0.4, 0.5) is 5.13 Å². The summed E-state index contributed by atoms with van der Waals surface area (Å²) in [5, 5.41) is 6.86. The van der Waals surface area contributed by atoms with Gasteiger partial charge in [0, 0.05) is 31.7 Å². The molecule has 0 aliphatic carbocycles. The minimum atomic E-state index is -0.0425. The predicted molar refractivity (Wildman–Crippen MR) is 85.6 cm³/mol. The summed E-state index contributed by atoms with van der Waals surface area (Å²) in [4.78, 5) is 19.2. The number of nitrogens with zero attached hydrogens (tertiary/aromatic N) is 2. The first-order valence-electron chi connectivity index (χ1n) is 7.19. The minimum absolute atomic E-state index is 0.0425. The van der Waals surface area contributed by atoms with Gasteiger partial charge in [0.05, 0.1) is 6.20 Å². The van der Waals surface area contributed by atoms with Crippen molar-refractivity contribution >= 4 is 22.4 Å². The zero-order valence-corrected chi connectivity index (χ0v) is 13.9. The van der Waals surface area contributed by atoms with E-state index in [0.717, 1.165) is 18.2 Å². The molecule has 1 amide bonds. The summed E-state index contributed by atoms with van der Waals surface area (Å²) in [6.07, 6.45) is 1.63. The first-order chi connectivity index (χ1) is 9.45. The fourth-order valence-electron chi connectivity index (χ4n) is 2.11. The number of hydrogen-bond donors (Lipinski definition) is 2. The highest BCUT2D eigenvalue weighted by Gasteiger charge is 2.14. The predicted octanol–water partition coefficient (Wildman–Crippen LogP) is 2.42. The second-order valence-corrected chi connectivity index (χ2v) is 6.27. The lowest BCUT2D eigenvalue weighted by Gasteiger charge is -2.30. The molecule has 0 atom stereocenters. The number of thiazole rings is 1. The third kappa shape index (κ3) is 5.09. The van der Waals surface area contributed by atoms with Crippen LogP contribution in [0.5, 0.6) is 0 Å². The standard InChI is InChI=1S/C14H26N4OS/c1-6-15-14-17-9-12(20-14)13(19)16-7-8-18(10(2)3)11(4)5/h9-11H,6-8H2,1-5H3,(H,15,17)(H,16,19). The molecule has 0 aliphatic heterocycles. The summed E-state index contributed by atoms with van der Waals surface area (Å²) in [6, 6.07) is 0.964. The first-order valence-corrected chi connectivity index (χ1v) is 8.01. The van der Waals surface area contributed by atoms with Gasteiger partial charge in [0.1, 0.15) is 4.88 Å². The van der Waals surface area contributed by atoms with Crippen LogP contribution >= 0.6 is 11.3 Å². The van der Waals surface area contributed by atoms with Crippen molar-refractivity contribution in [1.82, 2.24) is 15.2 Å². The van der Waals surface area contributed by atoms with Crippen LogP contribution in [0, 0.1) is 0 Å². The molecule has 0 aliphatic rings. The van der Waals surface area contributed by atoms with E-state index in [1.165, 1.54) is 11.3 Å². The van der Waals surface area contributed by atoms with Gasteiger partial charge >= 0.3 is 0 Å². The van der Waals surface area contributed by atoms with Crippen molar-refractivity contribution in [2.24, 2.45) is 0 Å². The van der Waals surface area contributed by atoms with E-state index in [0.29, 0.717) is 23.5 Å². The Morgan fingerprint density at radius 2 is 2.00 bits per heavy atom. The van der Waals surface area contributed by atoms with E-state index in [1.807, 2.05) is 6.92 Å². The van der Waals surface area contributed by atoms with Crippen LogP contribution < -0.4 is 10.6 Å². The van der Waals surface area contributed by atoms with Crippen molar-refractivity contribution in [3.63, 3.8) is 0 Å². The molecule has 0 fully saturated rings. The zero-order valence-electron chi connectivity index (χ0n) is 13.1. The van der Waals surface area contributed by atoms with E-state index in [9.17, 15) is 4.79 Å². The topological polar surface area (TPSA) is 57.3 Å². The Hall–Kier alpha value is -1.14. The molecule has 0 bridgehead atoms. The largest absolute Gasteiger partial charge is 0.362 e. The monoisotopic (exact) mass is 298 g/mol. The Morgan fingerprint density at radius 1 is 1.35 bits per heavy atom. The maximum atomic E-state index is 12.0. The van der Waals surface area contributed by atoms with Gasteiger partial charge in [0.25, 0.3) is 5.91 Å². The fraction of sp³-hybridized carbons (Fsp3) is 0.714. The van der Waals surface area contributed by atoms with E-state index in [-0.39, 0.29) is 5.91 Å². The number of carbonyl (C=O) groups is 1. The van der Waals surface area contributed by atoms with Gasteiger partial charge in [-0.05, 0) is 34.6 Å². The van der Waals surface area contributed by atoms with Gasteiger partial charge in [-0.1, -0.05) is 11.3 Å². The molecule has 114 valence electrons. The van der Waals surface area contributed by atoms with Crippen LogP contribution in [-0.2, 0) is 0 Å². The maximum absolute atomic E-state index is 12.0. The Morgan fingerprint density at radius 3 is 2.55 bits per heavy atom. The van der Waals surface area contributed by atoms with Crippen molar-refractivity contribution in [2.45, 2.75) is 46.7 Å². The number of amides is 1. The van der Waals surface area contributed by atoms with Crippen LogP contribution in [0.1, 0.15) is 44.3 Å². The van der Waals surface area contributed by atoms with Gasteiger partial charge in [0.2, 0.25) is 0 Å². The molecule has 6 heteroatoms. The quantitative estimate of drug-likeness (QED) is 0.774. The molecule has 0 radical (unpaired) electrons. The highest BCUT2D eigenvalue weighted by molar-refractivity contribution is 7.17. The first kappa shape index (κ1) is 16.9. The van der Waals surface area contributed by atoms with Gasteiger partial charge < -0.3 is 10.6 Å². The van der Waals surface area contributed by atoms with Crippen molar-refractivity contribution in [2.75, 3.05) is 25.0 Å². The summed E-state index contributed by atoms with van der Waals surface area (Å²) in [5.41, 5.74) is 0. The summed E-state index contributed by atoms with van der Waals surface area (Å²) < 4.78 is 0. The van der Waals surface area contributed by atoms with Crippen LogP contribution in [0.3, 0.4) is 0 Å². The van der Waals surface area contributed by atoms with E-state index in [1.54, 1.807) is 6.20 Å². The van der Waals surface area contributed by atoms with Crippen molar-refractivity contribution < 1.29 is 4.79 Å². The Balaban J connectivity index is 2.42. The second-order valence-electron chi connectivity index (χ2n) is 5.24. The lowest BCUT2D eigenvalue weighted by atomic mass is 10.2. The van der Waals surface area contributed by atoms with Gasteiger partial charge in [-0.25, -0.2) is 4.98 Å². The lowest BCUT2D eigenvalue weighted by Crippen LogP contribution is -2.42. The molecular weight excluding hydrogens is 272 g/mol. The highest BCUT2D eigenvalue weighted by Crippen LogP contribution is 2.17. The van der Waals surface area contributed by atoms with E-state index < -0.39 is 0 Å². The number of carbonyl (C=O) groups excluding carboxylic acids is 1. The second kappa shape index (κ2) is 8.21. The van der Waals surface area contributed by atoms with Gasteiger partial charge in [-0.15, -0.1) is 0 Å². The van der Waals surface area contributed by atoms with Crippen molar-refractivity contribution in [3.8, 4) is 0 Å². The number of anilines is 1. The number of rotatable bonds is 8. The molecule has 0 aromatic carbocycles. The van der Waals surface area contributed by atoms with Gasteiger partial charge in [-0.2, -0.15) is 0 Å². The summed E-state index contributed by atoms with van der Waals surface area (Å²) in [6.45, 7) is 13.0. The van der Waals surface area contributed by atoms with Crippen LogP contribution in [0.2, 0.25) is 0 Å². The molecule has 0 unspecified atom stereocenters. The van der Waals surface area contributed by atoms with E-state index >= 15 is 0 Å². The summed E-state index contributed by atoms with van der Waals surface area (Å²) in [5.74, 6) is -0.0425. The number of hydrogen-bond acceptors (Lipinski definition) is 5. The average Bonchev–Trinajstić information content (AvgIpc) is 2.82. The number of nitrogens with one attached hydrogen (secondary N) is 2. The summed E-state index contributed by atoms with van der Waals surface area (Å²) >= 11 is 1.39. The van der Waals surface area contributed by atoms with Gasteiger partial charge in [-0.3, -0.25) is 9.69 Å². The Bertz CT molecular complexity index is 409. The maximum Gasteiger partial charge on any atom is 0.263 e. The smallest absolute Gasteiger partial charge is 0.263 e. The molecule has 1 rings (SSSR count). The minimum Gasteiger partial charge on any atom is -0.362 e. The van der Waals surface area contributed by atoms with E-state index in [4.69, 9.17) is 0 Å². The van der Waals surface area contributed by atoms with Crippen LogP contribution in [-0.4, -0.2) is 47.5 Å². The number of aromatic nitrogens is 1. The summed E-state index contributed by atoms with van der Waals surface area (Å²) in [7, 11) is 0. The third-order valence-electron chi connectivity index (χ3n) is 3.04. The third-order valence-corrected chi connectivity index (χ3v) is 3.99. The highest BCUT2D eigenvalue weighted by atomic mass is 32.1. The van der Waals surface area contributed by atoms with Crippen molar-refractivity contribution in [1.29, 1.82) is 0 Å². The van der Waals surface area contributed by atoms with E-state index in [2.05, 4.69) is 48.2 Å². The molecular formula is C14H26N4OS. The lowest BCUT2D eigenvalue weighted by molar-refractivity contribution is 0.0943. The van der Waals surface area contributed by atoms with Crippen molar-refractivity contribution in [3.05, 3.63) is 11.1 Å². The molecule has 1 aromatic heterocycles. The fourth-order valence-corrected chi connectivity index (χ4v) is 2.91. The van der Waals surface area contributed by atoms with Crippen LogP contribution in [0.15, 0.2) is 6.20 Å². The Labute approximate surface area is 125 Å². The van der Waals surface area contributed by atoms with Gasteiger partial charge in [0.15, 0.2) is 5.13 Å². The molecule has 20 heavy (non-hydrogen) atoms. The molecule has 5 nitrogen and oxygen atoms in total. The van der Waals surface area contributed by atoms with Crippen LogP contribution in [0.25, 0.3) is 0 Å². The normalized spacial score (nSPS) is 11.4. The molecule has 0 saturated carbocycles. The molecule has 0 saturated heterocycles. The molecule has 2 N–H and O–H groups in total. The molecule has 1 heterocycles. The SMILES string of the molecule is CCNc1ncc(C(=O)NCCN(C(C)C)C(C)C)s1. The molecule has 1 aromatic rings.